The highest BCUT2D eigenvalue weighted by Crippen LogP contribution is 2.29. The van der Waals surface area contributed by atoms with E-state index in [0.717, 1.165) is 31.8 Å². The van der Waals surface area contributed by atoms with Crippen LogP contribution in [0.15, 0.2) is 10.8 Å². The van der Waals surface area contributed by atoms with Crippen LogP contribution >= 0.6 is 0 Å². The van der Waals surface area contributed by atoms with E-state index >= 15 is 0 Å². The van der Waals surface area contributed by atoms with Crippen LogP contribution in [0, 0.1) is 0 Å². The third-order valence-electron chi connectivity index (χ3n) is 4.97. The third-order valence-corrected chi connectivity index (χ3v) is 4.97. The van der Waals surface area contributed by atoms with Crippen LogP contribution in [0.5, 0.6) is 0 Å². The van der Waals surface area contributed by atoms with Crippen molar-refractivity contribution in [1.82, 2.24) is 20.0 Å². The van der Waals surface area contributed by atoms with Crippen molar-refractivity contribution in [3.63, 3.8) is 0 Å². The lowest BCUT2D eigenvalue weighted by Gasteiger charge is -2.42. The summed E-state index contributed by atoms with van der Waals surface area (Å²) in [4.78, 5) is 15.5. The first-order valence-electron chi connectivity index (χ1n) is 8.02. The molecule has 2 aliphatic heterocycles. The van der Waals surface area contributed by atoms with Gasteiger partial charge < -0.3 is 19.3 Å². The first kappa shape index (κ1) is 15.4. The molecule has 2 fully saturated rings. The summed E-state index contributed by atoms with van der Waals surface area (Å²) in [6.45, 7) is 5.47. The highest BCUT2D eigenvalue weighted by Gasteiger charge is 2.36. The van der Waals surface area contributed by atoms with Gasteiger partial charge in [-0.05, 0) is 38.8 Å². The minimum atomic E-state index is -0.663. The molecule has 0 atom stereocenters. The molecule has 0 aliphatic carbocycles. The van der Waals surface area contributed by atoms with Gasteiger partial charge in [-0.15, -0.1) is 10.2 Å². The molecule has 1 N–H and O–H groups in total. The van der Waals surface area contributed by atoms with Crippen LogP contribution in [-0.4, -0.2) is 69.3 Å². The molecule has 0 spiro atoms. The fourth-order valence-electron chi connectivity index (χ4n) is 3.51. The summed E-state index contributed by atoms with van der Waals surface area (Å²) >= 11 is 0. The summed E-state index contributed by atoms with van der Waals surface area (Å²) in [6, 6.07) is 0. The molecule has 0 aromatic carbocycles. The van der Waals surface area contributed by atoms with Crippen LogP contribution in [-0.2, 0) is 4.79 Å². The molecule has 122 valence electrons. The van der Waals surface area contributed by atoms with E-state index in [2.05, 4.69) is 15.1 Å². The van der Waals surface area contributed by atoms with Crippen molar-refractivity contribution in [3.8, 4) is 0 Å². The number of β-amino-alcohol motifs (C(OH)–C–C–N with tert-alkyl or cyclic N) is 1. The van der Waals surface area contributed by atoms with Gasteiger partial charge in [0.15, 0.2) is 0 Å². The zero-order valence-electron chi connectivity index (χ0n) is 13.1. The predicted molar refractivity (Wildman–Crippen MR) is 79.2 cm³/mol. The van der Waals surface area contributed by atoms with Crippen molar-refractivity contribution < 1.29 is 14.3 Å². The molecule has 1 aromatic heterocycles. The molecule has 0 unspecified atom stereocenters. The standard InChI is InChI=1S/C15H24N4O3/c1-12(20)19-8-4-15(21,5-9-19)10-18-6-2-13(3-7-18)14-17-16-11-22-14/h11,13,21H,2-10H2,1H3. The Morgan fingerprint density at radius 2 is 2.05 bits per heavy atom. The molecule has 0 bridgehead atoms. The highest BCUT2D eigenvalue weighted by atomic mass is 16.4. The Balaban J connectivity index is 1.47. The zero-order chi connectivity index (χ0) is 15.6. The molecule has 1 amide bonds. The van der Waals surface area contributed by atoms with Gasteiger partial charge in [0, 0.05) is 32.5 Å². The Hall–Kier alpha value is -1.47. The smallest absolute Gasteiger partial charge is 0.219 e. The van der Waals surface area contributed by atoms with Gasteiger partial charge in [0.2, 0.25) is 18.2 Å². The third kappa shape index (κ3) is 3.47. The number of likely N-dealkylation sites (tertiary alicyclic amines) is 2. The second-order valence-electron chi connectivity index (χ2n) is 6.56. The van der Waals surface area contributed by atoms with Gasteiger partial charge in [-0.2, -0.15) is 0 Å². The number of aromatic nitrogens is 2. The number of nitrogens with zero attached hydrogens (tertiary/aromatic N) is 4. The van der Waals surface area contributed by atoms with Gasteiger partial charge in [0.05, 0.1) is 5.60 Å². The lowest BCUT2D eigenvalue weighted by atomic mass is 9.89. The van der Waals surface area contributed by atoms with Crippen LogP contribution in [0.25, 0.3) is 0 Å². The van der Waals surface area contributed by atoms with Crippen molar-refractivity contribution in [3.05, 3.63) is 12.3 Å². The van der Waals surface area contributed by atoms with Crippen molar-refractivity contribution >= 4 is 5.91 Å². The summed E-state index contributed by atoms with van der Waals surface area (Å²) < 4.78 is 5.28. The number of rotatable bonds is 3. The molecule has 2 aliphatic rings. The van der Waals surface area contributed by atoms with Crippen LogP contribution in [0.1, 0.15) is 44.4 Å². The summed E-state index contributed by atoms with van der Waals surface area (Å²) in [5.74, 6) is 1.17. The minimum Gasteiger partial charge on any atom is -0.428 e. The van der Waals surface area contributed by atoms with Gasteiger partial charge in [0.25, 0.3) is 0 Å². The van der Waals surface area contributed by atoms with Crippen molar-refractivity contribution in [2.45, 2.75) is 44.1 Å². The van der Waals surface area contributed by atoms with E-state index in [1.165, 1.54) is 6.39 Å². The van der Waals surface area contributed by atoms with Crippen LogP contribution in [0.4, 0.5) is 0 Å². The minimum absolute atomic E-state index is 0.0995. The van der Waals surface area contributed by atoms with E-state index in [9.17, 15) is 9.90 Å². The average molecular weight is 308 g/mol. The maximum atomic E-state index is 11.4. The Morgan fingerprint density at radius 3 is 2.59 bits per heavy atom. The summed E-state index contributed by atoms with van der Waals surface area (Å²) in [6.07, 6.45) is 4.68. The first-order chi connectivity index (χ1) is 10.6. The van der Waals surface area contributed by atoms with Gasteiger partial charge in [-0.1, -0.05) is 0 Å². The van der Waals surface area contributed by atoms with E-state index in [1.807, 2.05) is 4.90 Å². The number of amides is 1. The Morgan fingerprint density at radius 1 is 1.36 bits per heavy atom. The quantitative estimate of drug-likeness (QED) is 0.881. The van der Waals surface area contributed by atoms with Gasteiger partial charge in [-0.3, -0.25) is 4.79 Å². The summed E-state index contributed by atoms with van der Waals surface area (Å²) in [7, 11) is 0. The number of hydrogen-bond donors (Lipinski definition) is 1. The molecule has 2 saturated heterocycles. The fraction of sp³-hybridized carbons (Fsp3) is 0.800. The molecular weight excluding hydrogens is 284 g/mol. The molecule has 3 rings (SSSR count). The molecule has 0 radical (unpaired) electrons. The SMILES string of the molecule is CC(=O)N1CCC(O)(CN2CCC(c3nnco3)CC2)CC1. The van der Waals surface area contributed by atoms with Crippen LogP contribution < -0.4 is 0 Å². The monoisotopic (exact) mass is 308 g/mol. The Kier molecular flexibility index (Phi) is 4.44. The van der Waals surface area contributed by atoms with E-state index in [-0.39, 0.29) is 5.91 Å². The van der Waals surface area contributed by atoms with E-state index < -0.39 is 5.60 Å². The van der Waals surface area contributed by atoms with Crippen molar-refractivity contribution in [2.75, 3.05) is 32.7 Å². The molecule has 3 heterocycles. The lowest BCUT2D eigenvalue weighted by molar-refractivity contribution is -0.133. The van der Waals surface area contributed by atoms with E-state index in [1.54, 1.807) is 6.92 Å². The number of carbonyl (C=O) groups is 1. The number of piperidine rings is 2. The van der Waals surface area contributed by atoms with Crippen molar-refractivity contribution in [1.29, 1.82) is 0 Å². The maximum absolute atomic E-state index is 11.4. The highest BCUT2D eigenvalue weighted by molar-refractivity contribution is 5.73. The second kappa shape index (κ2) is 6.34. The average Bonchev–Trinajstić information content (AvgIpc) is 3.02. The van der Waals surface area contributed by atoms with E-state index in [0.29, 0.717) is 38.4 Å². The number of aliphatic hydroxyl groups is 1. The van der Waals surface area contributed by atoms with Crippen LogP contribution in [0.2, 0.25) is 0 Å². The summed E-state index contributed by atoms with van der Waals surface area (Å²) in [5.41, 5.74) is -0.663. The zero-order valence-corrected chi connectivity index (χ0v) is 13.1. The van der Waals surface area contributed by atoms with Gasteiger partial charge in [0.1, 0.15) is 0 Å². The maximum Gasteiger partial charge on any atom is 0.219 e. The summed E-state index contributed by atoms with van der Waals surface area (Å²) in [5, 5.41) is 18.5. The first-order valence-corrected chi connectivity index (χ1v) is 8.02. The van der Waals surface area contributed by atoms with Gasteiger partial charge in [-0.25, -0.2) is 0 Å². The predicted octanol–water partition coefficient (Wildman–Crippen LogP) is 0.622. The van der Waals surface area contributed by atoms with Crippen LogP contribution in [0.3, 0.4) is 0 Å². The fourth-order valence-corrected chi connectivity index (χ4v) is 3.51. The van der Waals surface area contributed by atoms with Gasteiger partial charge >= 0.3 is 0 Å². The topological polar surface area (TPSA) is 82.7 Å². The lowest BCUT2D eigenvalue weighted by Crippen LogP contribution is -2.52. The van der Waals surface area contributed by atoms with E-state index in [4.69, 9.17) is 4.42 Å². The second-order valence-corrected chi connectivity index (χ2v) is 6.56. The largest absolute Gasteiger partial charge is 0.428 e. The normalized spacial score (nSPS) is 23.6. The molecule has 0 saturated carbocycles. The Bertz CT molecular complexity index is 489. The van der Waals surface area contributed by atoms with Crippen molar-refractivity contribution in [2.24, 2.45) is 0 Å². The molecule has 1 aromatic rings. The number of carbonyl (C=O) groups excluding carboxylic acids is 1. The number of hydrogen-bond acceptors (Lipinski definition) is 6. The molecule has 7 nitrogen and oxygen atoms in total. The molecule has 22 heavy (non-hydrogen) atoms. The molecule has 7 heteroatoms. The molecular formula is C15H24N4O3. The Labute approximate surface area is 130 Å².